The maximum atomic E-state index is 11.0. The average molecular weight is 452 g/mol. The van der Waals surface area contributed by atoms with Crippen LogP contribution in [0.1, 0.15) is 30.9 Å². The van der Waals surface area contributed by atoms with Gasteiger partial charge in [-0.15, -0.1) is 0 Å². The van der Waals surface area contributed by atoms with Gasteiger partial charge in [0.25, 0.3) is 0 Å². The third-order valence-electron chi connectivity index (χ3n) is 5.23. The molecule has 0 aliphatic heterocycles. The normalized spacial score (nSPS) is 11.7. The molecule has 0 aromatic heterocycles. The molecule has 5 N–H and O–H groups in total. The number of nitrogens with one attached hydrogen (secondary N) is 1. The minimum atomic E-state index is -0.572. The quantitative estimate of drug-likeness (QED) is 0.361. The van der Waals surface area contributed by atoms with Gasteiger partial charge < -0.3 is 21.5 Å². The van der Waals surface area contributed by atoms with E-state index in [-0.39, 0.29) is 0 Å². The number of amides is 2. The highest BCUT2D eigenvalue weighted by molar-refractivity contribution is 6.30. The molecule has 1 atom stereocenters. The van der Waals surface area contributed by atoms with Crippen LogP contribution in [0.4, 0.5) is 10.5 Å². The second-order valence-electron chi connectivity index (χ2n) is 8.05. The number of nitrogens with two attached hydrogens (primary N) is 2. The Hall–Kier alpha value is -3.02. The SMILES string of the molecule is C[C@@H](CCCN)COc1ccc(Cc2ccc(NC(N)=O)cc2)cc1-c1cccc(Cl)c1. The minimum Gasteiger partial charge on any atom is -0.493 e. The Balaban J connectivity index is 1.82. The molecule has 0 fully saturated rings. The first-order valence-electron chi connectivity index (χ1n) is 10.8. The number of carbonyl (C=O) groups is 1. The minimum absolute atomic E-state index is 0.429. The van der Waals surface area contributed by atoms with Crippen molar-refractivity contribution in [1.29, 1.82) is 0 Å². The molecular formula is C26H30ClN3O2. The first kappa shape index (κ1) is 23.6. The van der Waals surface area contributed by atoms with E-state index in [0.717, 1.165) is 47.3 Å². The Morgan fingerprint density at radius 2 is 1.81 bits per heavy atom. The van der Waals surface area contributed by atoms with Crippen molar-refractivity contribution in [2.24, 2.45) is 17.4 Å². The van der Waals surface area contributed by atoms with Gasteiger partial charge in [-0.3, -0.25) is 0 Å². The van der Waals surface area contributed by atoms with Gasteiger partial charge in [0.05, 0.1) is 6.61 Å². The van der Waals surface area contributed by atoms with Gasteiger partial charge in [0, 0.05) is 16.3 Å². The molecular weight excluding hydrogens is 422 g/mol. The molecule has 0 heterocycles. The predicted octanol–water partition coefficient (Wildman–Crippen LogP) is 5.84. The smallest absolute Gasteiger partial charge is 0.316 e. The van der Waals surface area contributed by atoms with Gasteiger partial charge in [-0.05, 0) is 84.8 Å². The van der Waals surface area contributed by atoms with E-state index in [1.54, 1.807) is 0 Å². The molecule has 0 radical (unpaired) electrons. The van der Waals surface area contributed by atoms with Crippen LogP contribution in [0.25, 0.3) is 11.1 Å². The fraction of sp³-hybridized carbons (Fsp3) is 0.269. The summed E-state index contributed by atoms with van der Waals surface area (Å²) in [5, 5.41) is 3.27. The highest BCUT2D eigenvalue weighted by atomic mass is 35.5. The van der Waals surface area contributed by atoms with Crippen LogP contribution in [-0.4, -0.2) is 19.2 Å². The highest BCUT2D eigenvalue weighted by Gasteiger charge is 2.11. The van der Waals surface area contributed by atoms with Crippen LogP contribution in [-0.2, 0) is 6.42 Å². The Morgan fingerprint density at radius 1 is 1.06 bits per heavy atom. The van der Waals surface area contributed by atoms with Crippen molar-refractivity contribution in [1.82, 2.24) is 0 Å². The fourth-order valence-corrected chi connectivity index (χ4v) is 3.75. The van der Waals surface area contributed by atoms with Gasteiger partial charge in [0.15, 0.2) is 0 Å². The molecule has 3 aromatic rings. The van der Waals surface area contributed by atoms with Crippen molar-refractivity contribution in [2.45, 2.75) is 26.2 Å². The highest BCUT2D eigenvalue weighted by Crippen LogP contribution is 2.33. The van der Waals surface area contributed by atoms with Gasteiger partial charge in [0.2, 0.25) is 0 Å². The second kappa shape index (κ2) is 11.6. The molecule has 6 heteroatoms. The van der Waals surface area contributed by atoms with E-state index in [4.69, 9.17) is 27.8 Å². The Bertz CT molecular complexity index is 1040. The summed E-state index contributed by atoms with van der Waals surface area (Å²) in [6.07, 6.45) is 2.79. The zero-order valence-corrected chi connectivity index (χ0v) is 19.1. The third kappa shape index (κ3) is 7.01. The second-order valence-corrected chi connectivity index (χ2v) is 8.49. The summed E-state index contributed by atoms with van der Waals surface area (Å²) in [7, 11) is 0. The topological polar surface area (TPSA) is 90.4 Å². The van der Waals surface area contributed by atoms with Crippen molar-refractivity contribution >= 4 is 23.3 Å². The van der Waals surface area contributed by atoms with Crippen LogP contribution < -0.4 is 21.5 Å². The van der Waals surface area contributed by atoms with Crippen LogP contribution in [0.5, 0.6) is 5.75 Å². The van der Waals surface area contributed by atoms with Crippen LogP contribution in [0.2, 0.25) is 5.02 Å². The molecule has 0 saturated carbocycles. The molecule has 32 heavy (non-hydrogen) atoms. The molecule has 3 aromatic carbocycles. The van der Waals surface area contributed by atoms with Gasteiger partial charge in [-0.1, -0.05) is 48.9 Å². The number of hydrogen-bond acceptors (Lipinski definition) is 3. The van der Waals surface area contributed by atoms with E-state index in [1.807, 2.05) is 54.6 Å². The maximum Gasteiger partial charge on any atom is 0.316 e. The number of benzene rings is 3. The molecule has 0 aliphatic rings. The summed E-state index contributed by atoms with van der Waals surface area (Å²) in [6.45, 7) is 3.52. The summed E-state index contributed by atoms with van der Waals surface area (Å²) < 4.78 is 6.21. The largest absolute Gasteiger partial charge is 0.493 e. The van der Waals surface area contributed by atoms with Gasteiger partial charge in [0.1, 0.15) is 5.75 Å². The van der Waals surface area contributed by atoms with E-state index in [2.05, 4.69) is 24.4 Å². The molecule has 0 spiro atoms. The van der Waals surface area contributed by atoms with Gasteiger partial charge in [-0.25, -0.2) is 4.79 Å². The zero-order chi connectivity index (χ0) is 22.9. The first-order chi connectivity index (χ1) is 15.4. The lowest BCUT2D eigenvalue weighted by Gasteiger charge is -2.17. The molecule has 0 aliphatic carbocycles. The lowest BCUT2D eigenvalue weighted by atomic mass is 9.98. The van der Waals surface area contributed by atoms with E-state index < -0.39 is 6.03 Å². The van der Waals surface area contributed by atoms with Crippen molar-refractivity contribution in [2.75, 3.05) is 18.5 Å². The molecule has 3 rings (SSSR count). The maximum absolute atomic E-state index is 11.0. The number of halogens is 1. The van der Waals surface area contributed by atoms with Crippen molar-refractivity contribution < 1.29 is 9.53 Å². The summed E-state index contributed by atoms with van der Waals surface area (Å²) in [6, 6.07) is 21.2. The van der Waals surface area contributed by atoms with Crippen molar-refractivity contribution in [3.05, 3.63) is 82.9 Å². The number of hydrogen-bond donors (Lipinski definition) is 3. The van der Waals surface area contributed by atoms with Gasteiger partial charge >= 0.3 is 6.03 Å². The number of ether oxygens (including phenoxy) is 1. The number of anilines is 1. The third-order valence-corrected chi connectivity index (χ3v) is 5.47. The number of rotatable bonds is 10. The average Bonchev–Trinajstić information content (AvgIpc) is 2.77. The Labute approximate surface area is 194 Å². The summed E-state index contributed by atoms with van der Waals surface area (Å²) >= 11 is 6.26. The van der Waals surface area contributed by atoms with Crippen molar-refractivity contribution in [3.8, 4) is 16.9 Å². The van der Waals surface area contributed by atoms with Crippen molar-refractivity contribution in [3.63, 3.8) is 0 Å². The molecule has 0 bridgehead atoms. The molecule has 168 valence electrons. The zero-order valence-electron chi connectivity index (χ0n) is 18.3. The monoisotopic (exact) mass is 451 g/mol. The Kier molecular flexibility index (Phi) is 8.54. The van der Waals surface area contributed by atoms with Crippen LogP contribution >= 0.6 is 11.6 Å². The molecule has 2 amide bonds. The van der Waals surface area contributed by atoms with E-state index in [0.29, 0.717) is 29.8 Å². The standard InChI is InChI=1S/C26H30ClN3O2/c1-18(4-3-13-28)17-32-25-12-9-20(15-24(25)21-5-2-6-22(27)16-21)14-19-7-10-23(11-8-19)30-26(29)31/h2,5-12,15-16,18H,3-4,13-14,17,28H2,1H3,(H3,29,30,31)/t18-/m0/s1. The van der Waals surface area contributed by atoms with E-state index in [9.17, 15) is 4.79 Å². The molecule has 0 saturated heterocycles. The first-order valence-corrected chi connectivity index (χ1v) is 11.2. The van der Waals surface area contributed by atoms with E-state index >= 15 is 0 Å². The van der Waals surface area contributed by atoms with E-state index in [1.165, 1.54) is 0 Å². The van der Waals surface area contributed by atoms with Crippen LogP contribution in [0.3, 0.4) is 0 Å². The predicted molar refractivity (Wildman–Crippen MR) is 132 cm³/mol. The number of urea groups is 1. The van der Waals surface area contributed by atoms with Crippen LogP contribution in [0, 0.1) is 5.92 Å². The molecule has 0 unspecified atom stereocenters. The molecule has 5 nitrogen and oxygen atoms in total. The summed E-state index contributed by atoms with van der Waals surface area (Å²) in [5.41, 5.74) is 15.8. The lowest BCUT2D eigenvalue weighted by molar-refractivity contribution is 0.251. The lowest BCUT2D eigenvalue weighted by Crippen LogP contribution is -2.19. The number of carbonyl (C=O) groups excluding carboxylic acids is 1. The van der Waals surface area contributed by atoms with Crippen LogP contribution in [0.15, 0.2) is 66.7 Å². The Morgan fingerprint density at radius 3 is 2.50 bits per heavy atom. The summed E-state index contributed by atoms with van der Waals surface area (Å²) in [5.74, 6) is 1.27. The fourth-order valence-electron chi connectivity index (χ4n) is 3.56. The van der Waals surface area contributed by atoms with Gasteiger partial charge in [-0.2, -0.15) is 0 Å². The number of primary amides is 1. The summed E-state index contributed by atoms with van der Waals surface area (Å²) in [4.78, 5) is 11.0.